The van der Waals surface area contributed by atoms with Crippen molar-refractivity contribution in [3.63, 3.8) is 0 Å². The number of para-hydroxylation sites is 1. The van der Waals surface area contributed by atoms with Gasteiger partial charge >= 0.3 is 5.76 Å². The zero-order valence-corrected chi connectivity index (χ0v) is 12.3. The van der Waals surface area contributed by atoms with Crippen LogP contribution in [0.1, 0.15) is 11.4 Å². The van der Waals surface area contributed by atoms with Gasteiger partial charge in [-0.25, -0.2) is 13.2 Å². The van der Waals surface area contributed by atoms with E-state index in [0.29, 0.717) is 18.8 Å². The summed E-state index contributed by atoms with van der Waals surface area (Å²) in [4.78, 5) is 13.5. The highest BCUT2D eigenvalue weighted by Crippen LogP contribution is 2.32. The van der Waals surface area contributed by atoms with Crippen molar-refractivity contribution in [3.05, 3.63) is 46.2 Å². The molecule has 0 spiro atoms. The van der Waals surface area contributed by atoms with E-state index >= 15 is 0 Å². The van der Waals surface area contributed by atoms with E-state index in [4.69, 9.17) is 0 Å². The molecule has 0 radical (unpaired) electrons. The summed E-state index contributed by atoms with van der Waals surface area (Å²) >= 11 is 0. The van der Waals surface area contributed by atoms with Crippen LogP contribution in [0.4, 0.5) is 5.69 Å². The van der Waals surface area contributed by atoms with Crippen molar-refractivity contribution in [1.29, 1.82) is 0 Å². The van der Waals surface area contributed by atoms with Gasteiger partial charge in [-0.2, -0.15) is 0 Å². The van der Waals surface area contributed by atoms with E-state index in [-0.39, 0.29) is 5.92 Å². The number of nitrogens with zero attached hydrogens (tertiary/aromatic N) is 2. The van der Waals surface area contributed by atoms with Gasteiger partial charge < -0.3 is 0 Å². The lowest BCUT2D eigenvalue weighted by atomic mass is 9.91. The van der Waals surface area contributed by atoms with Crippen LogP contribution in [-0.2, 0) is 22.9 Å². The molecule has 0 fully saturated rings. The van der Waals surface area contributed by atoms with E-state index in [9.17, 15) is 13.2 Å². The number of anilines is 1. The van der Waals surface area contributed by atoms with Gasteiger partial charge in [-0.3, -0.25) is 13.8 Å². The van der Waals surface area contributed by atoms with Crippen molar-refractivity contribution < 1.29 is 12.9 Å². The molecule has 1 N–H and O–H groups in total. The Balaban J connectivity index is 1.92. The molecule has 1 atom stereocenters. The molecule has 1 aromatic carbocycles. The molecule has 0 saturated carbocycles. The summed E-state index contributed by atoms with van der Waals surface area (Å²) in [7, 11) is -3.34. The minimum absolute atomic E-state index is 0.0374. The first-order chi connectivity index (χ1) is 9.93. The number of fused-ring (bicyclic) bond motifs is 1. The predicted molar refractivity (Wildman–Crippen MR) is 76.7 cm³/mol. The molecule has 2 heterocycles. The minimum Gasteiger partial charge on any atom is -0.296 e. The van der Waals surface area contributed by atoms with Gasteiger partial charge in [-0.1, -0.05) is 23.4 Å². The smallest absolute Gasteiger partial charge is 0.296 e. The summed E-state index contributed by atoms with van der Waals surface area (Å²) in [6.07, 6.45) is 2.40. The molecule has 3 rings (SSSR count). The molecule has 7 nitrogen and oxygen atoms in total. The van der Waals surface area contributed by atoms with Gasteiger partial charge in [-0.15, -0.1) is 0 Å². The molecule has 1 aliphatic rings. The Bertz CT molecular complexity index is 809. The summed E-state index contributed by atoms with van der Waals surface area (Å²) in [5.74, 6) is -0.116. The maximum atomic E-state index is 12.0. The first kappa shape index (κ1) is 13.9. The highest BCUT2D eigenvalue weighted by molar-refractivity contribution is 7.92. The van der Waals surface area contributed by atoms with Gasteiger partial charge in [0, 0.05) is 13.0 Å². The second-order valence-corrected chi connectivity index (χ2v) is 7.15. The fraction of sp³-hybridized carbons (Fsp3) is 0.385. The topological polar surface area (TPSA) is 96.3 Å². The molecule has 1 aliphatic heterocycles. The molecule has 0 amide bonds. The highest BCUT2D eigenvalue weighted by atomic mass is 32.2. The molecule has 0 unspecified atom stereocenters. The summed E-state index contributed by atoms with van der Waals surface area (Å²) in [5.41, 5.74) is 1.70. The Kier molecular flexibility index (Phi) is 3.32. The zero-order chi connectivity index (χ0) is 15.0. The van der Waals surface area contributed by atoms with Crippen LogP contribution in [0, 0.1) is 5.92 Å². The van der Waals surface area contributed by atoms with Crippen molar-refractivity contribution in [2.75, 3.05) is 17.1 Å². The van der Waals surface area contributed by atoms with Gasteiger partial charge in [0.05, 0.1) is 11.9 Å². The van der Waals surface area contributed by atoms with Gasteiger partial charge in [0.15, 0.2) is 5.82 Å². The number of H-pyrrole nitrogens is 1. The lowest BCUT2D eigenvalue weighted by Gasteiger charge is -2.34. The third-order valence-electron chi connectivity index (χ3n) is 3.56. The molecule has 0 bridgehead atoms. The van der Waals surface area contributed by atoms with Crippen LogP contribution in [0.2, 0.25) is 0 Å². The van der Waals surface area contributed by atoms with Crippen LogP contribution in [0.3, 0.4) is 0 Å². The van der Waals surface area contributed by atoms with E-state index in [1.807, 2.05) is 24.3 Å². The third-order valence-corrected chi connectivity index (χ3v) is 4.71. The number of hydrogen-bond acceptors (Lipinski definition) is 5. The van der Waals surface area contributed by atoms with E-state index in [1.54, 1.807) is 0 Å². The quantitative estimate of drug-likeness (QED) is 0.893. The number of hydrogen-bond donors (Lipinski definition) is 1. The van der Waals surface area contributed by atoms with E-state index in [0.717, 1.165) is 17.7 Å². The molecule has 2 aromatic rings. The molecule has 0 aliphatic carbocycles. The van der Waals surface area contributed by atoms with Crippen molar-refractivity contribution in [3.8, 4) is 0 Å². The maximum absolute atomic E-state index is 12.0. The molecule has 112 valence electrons. The van der Waals surface area contributed by atoms with E-state index < -0.39 is 15.8 Å². The van der Waals surface area contributed by atoms with Crippen LogP contribution >= 0.6 is 0 Å². The van der Waals surface area contributed by atoms with Gasteiger partial charge in [-0.05, 0) is 24.0 Å². The van der Waals surface area contributed by atoms with Crippen LogP contribution in [0.15, 0.2) is 33.6 Å². The number of sulfonamides is 1. The van der Waals surface area contributed by atoms with Crippen LogP contribution in [0.5, 0.6) is 0 Å². The van der Waals surface area contributed by atoms with Crippen molar-refractivity contribution >= 4 is 15.7 Å². The van der Waals surface area contributed by atoms with Gasteiger partial charge in [0.2, 0.25) is 10.0 Å². The molecular weight excluding hydrogens is 294 g/mol. The fourth-order valence-corrected chi connectivity index (χ4v) is 3.72. The zero-order valence-electron chi connectivity index (χ0n) is 11.4. The lowest BCUT2D eigenvalue weighted by molar-refractivity contribution is 0.376. The van der Waals surface area contributed by atoms with Crippen LogP contribution in [-0.4, -0.2) is 31.4 Å². The normalized spacial score (nSPS) is 18.5. The Morgan fingerprint density at radius 2 is 2.19 bits per heavy atom. The SMILES string of the molecule is CS(=O)(=O)N1C[C@H](Cc2noc(=O)[nH]2)Cc2ccccc21. The van der Waals surface area contributed by atoms with E-state index in [2.05, 4.69) is 14.7 Å². The maximum Gasteiger partial charge on any atom is 0.438 e. The van der Waals surface area contributed by atoms with Crippen molar-refractivity contribution in [1.82, 2.24) is 10.1 Å². The third kappa shape index (κ3) is 2.85. The molecule has 1 aromatic heterocycles. The first-order valence-electron chi connectivity index (χ1n) is 6.54. The summed E-state index contributed by atoms with van der Waals surface area (Å²) in [5, 5.41) is 3.64. The highest BCUT2D eigenvalue weighted by Gasteiger charge is 2.30. The van der Waals surface area contributed by atoms with Crippen LogP contribution in [0.25, 0.3) is 0 Å². The number of aromatic amines is 1. The van der Waals surface area contributed by atoms with Crippen molar-refractivity contribution in [2.24, 2.45) is 5.92 Å². The van der Waals surface area contributed by atoms with Gasteiger partial charge in [0.1, 0.15) is 0 Å². The second kappa shape index (κ2) is 5.03. The Hall–Kier alpha value is -2.09. The molecule has 8 heteroatoms. The molecule has 21 heavy (non-hydrogen) atoms. The van der Waals surface area contributed by atoms with Crippen molar-refractivity contribution in [2.45, 2.75) is 12.8 Å². The van der Waals surface area contributed by atoms with Crippen LogP contribution < -0.4 is 10.1 Å². The fourth-order valence-electron chi connectivity index (χ4n) is 2.71. The average Bonchev–Trinajstić information content (AvgIpc) is 2.82. The standard InChI is InChI=1S/C13H15N3O4S/c1-21(18,19)16-8-9(7-12-14-13(17)20-15-12)6-10-4-2-3-5-11(10)16/h2-5,9H,6-8H2,1H3,(H,14,15,17)/t9-/m0/s1. The predicted octanol–water partition coefficient (Wildman–Crippen LogP) is 0.544. The monoisotopic (exact) mass is 309 g/mol. The molecular formula is C13H15N3O4S. The number of aromatic nitrogens is 2. The minimum atomic E-state index is -3.34. The number of benzene rings is 1. The lowest BCUT2D eigenvalue weighted by Crippen LogP contribution is -2.40. The first-order valence-corrected chi connectivity index (χ1v) is 8.39. The summed E-state index contributed by atoms with van der Waals surface area (Å²) < 4.78 is 29.9. The summed E-state index contributed by atoms with van der Waals surface area (Å²) in [6.45, 7) is 0.366. The molecule has 0 saturated heterocycles. The Morgan fingerprint density at radius 3 is 2.86 bits per heavy atom. The second-order valence-electron chi connectivity index (χ2n) is 5.24. The average molecular weight is 309 g/mol. The van der Waals surface area contributed by atoms with E-state index in [1.165, 1.54) is 10.6 Å². The van der Waals surface area contributed by atoms with Gasteiger partial charge in [0.25, 0.3) is 0 Å². The number of nitrogens with one attached hydrogen (secondary N) is 1. The summed E-state index contributed by atoms with van der Waals surface area (Å²) in [6, 6.07) is 7.45. The largest absolute Gasteiger partial charge is 0.438 e. The Morgan fingerprint density at radius 1 is 1.43 bits per heavy atom. The Labute approximate surface area is 121 Å². The number of rotatable bonds is 3.